The Labute approximate surface area is 237 Å². The van der Waals surface area contributed by atoms with Gasteiger partial charge in [0.25, 0.3) is 0 Å². The van der Waals surface area contributed by atoms with Crippen LogP contribution in [0.4, 0.5) is 11.4 Å². The van der Waals surface area contributed by atoms with Gasteiger partial charge < -0.3 is 9.80 Å². The summed E-state index contributed by atoms with van der Waals surface area (Å²) < 4.78 is 0. The lowest BCUT2D eigenvalue weighted by Crippen LogP contribution is -2.25. The van der Waals surface area contributed by atoms with Crippen LogP contribution in [0.5, 0.6) is 0 Å². The van der Waals surface area contributed by atoms with E-state index in [4.69, 9.17) is 4.99 Å². The molecule has 0 bridgehead atoms. The van der Waals surface area contributed by atoms with Crippen LogP contribution in [0.1, 0.15) is 108 Å². The van der Waals surface area contributed by atoms with Gasteiger partial charge in [-0.1, -0.05) is 110 Å². The molecule has 39 heavy (non-hydrogen) atoms. The summed E-state index contributed by atoms with van der Waals surface area (Å²) in [6.45, 7) is 24.5. The smallest absolute Gasteiger partial charge is 0.213 e. The van der Waals surface area contributed by atoms with Gasteiger partial charge >= 0.3 is 0 Å². The number of rotatable bonds is 9. The van der Waals surface area contributed by atoms with E-state index < -0.39 is 0 Å². The van der Waals surface area contributed by atoms with Crippen LogP contribution < -0.4 is 4.90 Å². The maximum Gasteiger partial charge on any atom is 0.213 e. The second kappa shape index (κ2) is 12.2. The minimum Gasteiger partial charge on any atom is -0.340 e. The first-order valence-electron chi connectivity index (χ1n) is 14.5. The molecule has 3 nitrogen and oxygen atoms in total. The summed E-state index contributed by atoms with van der Waals surface area (Å²) in [5.41, 5.74) is 11.3. The van der Waals surface area contributed by atoms with E-state index in [1.165, 1.54) is 39.1 Å². The minimum absolute atomic E-state index is 0.436. The first-order valence-corrected chi connectivity index (χ1v) is 14.5. The van der Waals surface area contributed by atoms with Crippen molar-refractivity contribution in [2.45, 2.75) is 86.0 Å². The molecule has 1 heterocycles. The summed E-state index contributed by atoms with van der Waals surface area (Å²) in [4.78, 5) is 9.45. The number of anilines is 1. The van der Waals surface area contributed by atoms with E-state index >= 15 is 0 Å². The fourth-order valence-electron chi connectivity index (χ4n) is 5.49. The number of para-hydroxylation sites is 2. The van der Waals surface area contributed by atoms with E-state index in [-0.39, 0.29) is 0 Å². The van der Waals surface area contributed by atoms with Crippen molar-refractivity contribution in [3.05, 3.63) is 102 Å². The molecule has 0 atom stereocenters. The Kier molecular flexibility index (Phi) is 9.00. The molecule has 0 amide bonds. The van der Waals surface area contributed by atoms with Crippen molar-refractivity contribution in [2.24, 2.45) is 4.99 Å². The maximum atomic E-state index is 5.17. The van der Waals surface area contributed by atoms with E-state index in [0.717, 1.165) is 11.4 Å². The maximum absolute atomic E-state index is 5.17. The topological polar surface area (TPSA) is 18.8 Å². The Morgan fingerprint density at radius 2 is 1.18 bits per heavy atom. The summed E-state index contributed by atoms with van der Waals surface area (Å²) in [7, 11) is 0. The van der Waals surface area contributed by atoms with Crippen molar-refractivity contribution in [3.8, 4) is 11.1 Å². The molecule has 204 valence electrons. The zero-order valence-corrected chi connectivity index (χ0v) is 25.3. The van der Waals surface area contributed by atoms with Gasteiger partial charge in [0.1, 0.15) is 0 Å². The van der Waals surface area contributed by atoms with Crippen molar-refractivity contribution in [2.75, 3.05) is 11.4 Å². The predicted octanol–water partition coefficient (Wildman–Crippen LogP) is 10.2. The molecule has 0 N–H and O–H groups in total. The monoisotopic (exact) mass is 519 g/mol. The molecule has 0 fully saturated rings. The van der Waals surface area contributed by atoms with Crippen LogP contribution in [-0.4, -0.2) is 17.2 Å². The highest BCUT2D eigenvalue weighted by atomic mass is 15.3. The Morgan fingerprint density at radius 1 is 0.667 bits per heavy atom. The number of hydrogen-bond acceptors (Lipinski definition) is 3. The molecule has 0 aromatic heterocycles. The van der Waals surface area contributed by atoms with E-state index in [0.29, 0.717) is 30.2 Å². The highest BCUT2D eigenvalue weighted by Gasteiger charge is 2.24. The van der Waals surface area contributed by atoms with Crippen LogP contribution in [-0.2, 0) is 0 Å². The first kappa shape index (κ1) is 28.7. The lowest BCUT2D eigenvalue weighted by atomic mass is 9.84. The van der Waals surface area contributed by atoms with Gasteiger partial charge in [0, 0.05) is 23.7 Å². The summed E-state index contributed by atoms with van der Waals surface area (Å²) in [6, 6.07) is 22.0. The number of nitrogens with zero attached hydrogens (tertiary/aromatic N) is 3. The molecule has 1 aliphatic heterocycles. The third-order valence-corrected chi connectivity index (χ3v) is 7.47. The van der Waals surface area contributed by atoms with Gasteiger partial charge in [0.15, 0.2) is 0 Å². The van der Waals surface area contributed by atoms with Gasteiger partial charge in [-0.15, -0.1) is 0 Å². The van der Waals surface area contributed by atoms with Crippen molar-refractivity contribution in [3.63, 3.8) is 0 Å². The van der Waals surface area contributed by atoms with Crippen LogP contribution in [0, 0.1) is 6.67 Å². The molecule has 0 aliphatic carbocycles. The third-order valence-electron chi connectivity index (χ3n) is 7.47. The second-order valence-electron chi connectivity index (χ2n) is 12.0. The van der Waals surface area contributed by atoms with Gasteiger partial charge in [-0.3, -0.25) is 4.99 Å². The van der Waals surface area contributed by atoms with Gasteiger partial charge in [-0.25, -0.2) is 0 Å². The molecular weight excluding hydrogens is 474 g/mol. The summed E-state index contributed by atoms with van der Waals surface area (Å²) >= 11 is 0. The molecular formula is C36H45N3. The number of hydrogen-bond donors (Lipinski definition) is 0. The van der Waals surface area contributed by atoms with E-state index in [1.54, 1.807) is 0 Å². The number of benzene rings is 3. The van der Waals surface area contributed by atoms with E-state index in [1.807, 2.05) is 0 Å². The Hall–Kier alpha value is -3.33. The average Bonchev–Trinajstić information content (AvgIpc) is 3.35. The summed E-state index contributed by atoms with van der Waals surface area (Å²) in [6.07, 6.45) is 4.24. The van der Waals surface area contributed by atoms with Gasteiger partial charge in [0.2, 0.25) is 6.67 Å². The van der Waals surface area contributed by atoms with Crippen LogP contribution in [0.15, 0.2) is 78.1 Å². The Balaban J connectivity index is 1.62. The molecule has 3 aromatic rings. The van der Waals surface area contributed by atoms with Crippen LogP contribution >= 0.6 is 0 Å². The van der Waals surface area contributed by atoms with E-state index in [9.17, 15) is 0 Å². The zero-order valence-electron chi connectivity index (χ0n) is 25.3. The molecule has 4 rings (SSSR count). The van der Waals surface area contributed by atoms with E-state index in [2.05, 4.69) is 152 Å². The third kappa shape index (κ3) is 6.30. The number of aliphatic imine (C=N–C) groups is 1. The zero-order chi connectivity index (χ0) is 28.3. The van der Waals surface area contributed by atoms with Crippen molar-refractivity contribution in [1.29, 1.82) is 0 Å². The Bertz CT molecular complexity index is 1290. The highest BCUT2D eigenvalue weighted by Crippen LogP contribution is 2.41. The molecule has 0 saturated heterocycles. The fourth-order valence-corrected chi connectivity index (χ4v) is 5.49. The van der Waals surface area contributed by atoms with Gasteiger partial charge in [-0.05, 0) is 64.5 Å². The van der Waals surface area contributed by atoms with Gasteiger partial charge in [0.05, 0.1) is 17.9 Å². The van der Waals surface area contributed by atoms with Crippen molar-refractivity contribution < 1.29 is 0 Å². The molecule has 0 saturated carbocycles. The lowest BCUT2D eigenvalue weighted by molar-refractivity contribution is 0.534. The van der Waals surface area contributed by atoms with Crippen molar-refractivity contribution >= 4 is 17.1 Å². The normalized spacial score (nSPS) is 14.1. The SMILES string of the molecule is CC(CN1[C]N(c2c(C(C)C)cccc2C(C)C)C=C1)=Nc1ccccc1-c1c(C(C)C)cccc1C(C)C. The molecule has 2 radical (unpaired) electrons. The average molecular weight is 520 g/mol. The predicted molar refractivity (Wildman–Crippen MR) is 169 cm³/mol. The summed E-state index contributed by atoms with van der Waals surface area (Å²) in [5.74, 6) is 1.75. The standard InChI is InChI=1S/C36H45N3/c1-24(2)29-15-12-16-30(25(3)4)35(29)33-14-10-11-19-34(33)37-28(9)22-38-20-21-39(23-38)36-31(26(5)6)17-13-18-32(36)27(7)8/h10-21,24-27H,22H2,1-9H3. The molecule has 3 heteroatoms. The molecule has 0 unspecified atom stereocenters. The first-order chi connectivity index (χ1) is 18.6. The van der Waals surface area contributed by atoms with Crippen LogP contribution in [0.3, 0.4) is 0 Å². The van der Waals surface area contributed by atoms with Crippen LogP contribution in [0.2, 0.25) is 0 Å². The lowest BCUT2D eigenvalue weighted by Gasteiger charge is -2.27. The molecule has 3 aromatic carbocycles. The van der Waals surface area contributed by atoms with Gasteiger partial charge in [-0.2, -0.15) is 0 Å². The largest absolute Gasteiger partial charge is 0.340 e. The molecule has 0 spiro atoms. The molecule has 1 aliphatic rings. The second-order valence-corrected chi connectivity index (χ2v) is 12.0. The fraction of sp³-hybridized carbons (Fsp3) is 0.389. The summed E-state index contributed by atoms with van der Waals surface area (Å²) in [5, 5.41) is 0. The quantitative estimate of drug-likeness (QED) is 0.262. The van der Waals surface area contributed by atoms with Crippen molar-refractivity contribution in [1.82, 2.24) is 4.90 Å². The minimum atomic E-state index is 0.436. The highest BCUT2D eigenvalue weighted by molar-refractivity contribution is 5.90. The Morgan fingerprint density at radius 3 is 1.72 bits per heavy atom. The van der Waals surface area contributed by atoms with Crippen LogP contribution in [0.25, 0.3) is 11.1 Å².